The third kappa shape index (κ3) is 2.53. The molecule has 0 amide bonds. The van der Waals surface area contributed by atoms with E-state index in [1.54, 1.807) is 5.38 Å². The second kappa shape index (κ2) is 4.68. The summed E-state index contributed by atoms with van der Waals surface area (Å²) in [5.41, 5.74) is 2.46. The number of hydrogen-bond donors (Lipinski definition) is 2. The van der Waals surface area contributed by atoms with E-state index in [0.717, 1.165) is 11.3 Å². The highest BCUT2D eigenvalue weighted by Gasteiger charge is 2.57. The van der Waals surface area contributed by atoms with Gasteiger partial charge in [-0.1, -0.05) is 6.92 Å². The monoisotopic (exact) mass is 254 g/mol. The van der Waals surface area contributed by atoms with Gasteiger partial charge < -0.3 is 10.8 Å². The zero-order valence-electron chi connectivity index (χ0n) is 8.66. The quantitative estimate of drug-likeness (QED) is 0.860. The topological polar surface area (TPSA) is 59.1 Å². The van der Waals surface area contributed by atoms with Gasteiger partial charge in [-0.3, -0.25) is 0 Å². The Hall–Kier alpha value is -0.660. The minimum Gasteiger partial charge on any atom is -0.379 e. The largest absolute Gasteiger partial charge is 0.419 e. The molecule has 0 aliphatic rings. The van der Waals surface area contributed by atoms with E-state index in [9.17, 15) is 18.3 Å². The van der Waals surface area contributed by atoms with Gasteiger partial charge in [0.25, 0.3) is 0 Å². The molecular formula is C9H13F3N2OS. The summed E-state index contributed by atoms with van der Waals surface area (Å²) < 4.78 is 38.3. The lowest BCUT2D eigenvalue weighted by Gasteiger charge is -2.34. The van der Waals surface area contributed by atoms with Gasteiger partial charge in [0.05, 0.1) is 5.01 Å². The first-order valence-electron chi connectivity index (χ1n) is 4.74. The first-order valence-corrected chi connectivity index (χ1v) is 5.62. The van der Waals surface area contributed by atoms with Crippen LogP contribution in [0.2, 0.25) is 0 Å². The fourth-order valence-corrected chi connectivity index (χ4v) is 2.05. The van der Waals surface area contributed by atoms with E-state index in [-0.39, 0.29) is 11.4 Å². The average molecular weight is 254 g/mol. The van der Waals surface area contributed by atoms with Gasteiger partial charge in [-0.15, -0.1) is 11.3 Å². The van der Waals surface area contributed by atoms with E-state index < -0.39 is 24.2 Å². The molecule has 1 rings (SSSR count). The molecule has 3 N–H and O–H groups in total. The number of rotatable bonds is 4. The van der Waals surface area contributed by atoms with E-state index >= 15 is 0 Å². The van der Waals surface area contributed by atoms with Gasteiger partial charge in [0.15, 0.2) is 5.60 Å². The molecule has 2 atom stereocenters. The summed E-state index contributed by atoms with van der Waals surface area (Å²) >= 11 is 1.07. The first kappa shape index (κ1) is 13.4. The van der Waals surface area contributed by atoms with Crippen molar-refractivity contribution < 1.29 is 18.3 Å². The van der Waals surface area contributed by atoms with Crippen molar-refractivity contribution in [2.24, 2.45) is 5.73 Å². The Morgan fingerprint density at radius 2 is 2.19 bits per heavy atom. The maximum Gasteiger partial charge on any atom is 0.419 e. The van der Waals surface area contributed by atoms with Crippen LogP contribution in [-0.2, 0) is 6.42 Å². The number of aromatic nitrogens is 1. The molecular weight excluding hydrogens is 241 g/mol. The Morgan fingerprint density at radius 3 is 2.56 bits per heavy atom. The van der Waals surface area contributed by atoms with Crippen LogP contribution in [0, 0.1) is 0 Å². The molecule has 7 heteroatoms. The molecule has 16 heavy (non-hydrogen) atoms. The van der Waals surface area contributed by atoms with Crippen molar-refractivity contribution in [3.05, 3.63) is 16.6 Å². The number of nitrogens with two attached hydrogens (primary N) is 1. The zero-order valence-corrected chi connectivity index (χ0v) is 9.48. The van der Waals surface area contributed by atoms with Crippen LogP contribution >= 0.6 is 11.3 Å². The number of nitrogens with zero attached hydrogens (tertiary/aromatic N) is 1. The standard InChI is InChI=1S/C9H13F3N2OS/c1-2-6(13)8(15,9(10,11)12)5-7-14-3-4-16-7/h3-4,6,15H,2,5,13H2,1H3. The summed E-state index contributed by atoms with van der Waals surface area (Å²) in [5, 5.41) is 11.5. The van der Waals surface area contributed by atoms with Crippen molar-refractivity contribution in [2.45, 2.75) is 37.6 Å². The van der Waals surface area contributed by atoms with Crippen LogP contribution in [-0.4, -0.2) is 27.9 Å². The molecule has 0 bridgehead atoms. The maximum absolute atomic E-state index is 12.8. The number of thiazole rings is 1. The van der Waals surface area contributed by atoms with Crippen LogP contribution in [0.4, 0.5) is 13.2 Å². The first-order chi connectivity index (χ1) is 7.31. The normalized spacial score (nSPS) is 18.1. The average Bonchev–Trinajstić information content (AvgIpc) is 2.67. The lowest BCUT2D eigenvalue weighted by atomic mass is 9.89. The van der Waals surface area contributed by atoms with E-state index in [1.165, 1.54) is 13.1 Å². The molecule has 0 saturated heterocycles. The molecule has 2 unspecified atom stereocenters. The molecule has 1 aromatic heterocycles. The Morgan fingerprint density at radius 1 is 1.56 bits per heavy atom. The molecule has 0 radical (unpaired) electrons. The zero-order chi connectivity index (χ0) is 12.4. The van der Waals surface area contributed by atoms with Crippen LogP contribution in [0.3, 0.4) is 0 Å². The number of aliphatic hydroxyl groups is 1. The van der Waals surface area contributed by atoms with E-state index in [4.69, 9.17) is 5.73 Å². The smallest absolute Gasteiger partial charge is 0.379 e. The molecule has 0 aliphatic carbocycles. The lowest BCUT2D eigenvalue weighted by Crippen LogP contribution is -2.59. The third-order valence-corrected chi connectivity index (χ3v) is 3.23. The molecule has 0 aromatic carbocycles. The highest BCUT2D eigenvalue weighted by atomic mass is 32.1. The van der Waals surface area contributed by atoms with Gasteiger partial charge in [0, 0.05) is 24.0 Å². The van der Waals surface area contributed by atoms with Crippen LogP contribution in [0.25, 0.3) is 0 Å². The minimum absolute atomic E-state index is 0.0430. The Labute approximate surface area is 95.1 Å². The Kier molecular flexibility index (Phi) is 3.92. The van der Waals surface area contributed by atoms with Crippen LogP contribution in [0.15, 0.2) is 11.6 Å². The summed E-state index contributed by atoms with van der Waals surface area (Å²) in [6.07, 6.45) is -3.91. The summed E-state index contributed by atoms with van der Waals surface area (Å²) in [6, 6.07) is -1.35. The number of hydrogen-bond acceptors (Lipinski definition) is 4. The predicted octanol–water partition coefficient (Wildman–Crippen LogP) is 1.72. The molecule has 3 nitrogen and oxygen atoms in total. The van der Waals surface area contributed by atoms with Crippen molar-refractivity contribution in [2.75, 3.05) is 0 Å². The molecule has 0 aliphatic heterocycles. The Bertz CT molecular complexity index is 328. The molecule has 1 aromatic rings. The number of alkyl halides is 3. The fraction of sp³-hybridized carbons (Fsp3) is 0.667. The van der Waals surface area contributed by atoms with Crippen molar-refractivity contribution >= 4 is 11.3 Å². The highest BCUT2D eigenvalue weighted by molar-refractivity contribution is 7.09. The van der Waals surface area contributed by atoms with Gasteiger partial charge >= 0.3 is 6.18 Å². The predicted molar refractivity (Wildman–Crippen MR) is 55.1 cm³/mol. The van der Waals surface area contributed by atoms with Crippen LogP contribution < -0.4 is 5.73 Å². The summed E-state index contributed by atoms with van der Waals surface area (Å²) in [7, 11) is 0. The minimum atomic E-state index is -4.76. The summed E-state index contributed by atoms with van der Waals surface area (Å²) in [5.74, 6) is 0. The fourth-order valence-electron chi connectivity index (χ4n) is 1.35. The molecule has 1 heterocycles. The summed E-state index contributed by atoms with van der Waals surface area (Å²) in [6.45, 7) is 1.50. The van der Waals surface area contributed by atoms with Gasteiger partial charge in [0.1, 0.15) is 0 Å². The van der Waals surface area contributed by atoms with Crippen molar-refractivity contribution in [3.8, 4) is 0 Å². The van der Waals surface area contributed by atoms with Gasteiger partial charge in [-0.2, -0.15) is 13.2 Å². The van der Waals surface area contributed by atoms with Crippen LogP contribution in [0.1, 0.15) is 18.4 Å². The second-order valence-electron chi connectivity index (χ2n) is 3.54. The van der Waals surface area contributed by atoms with Crippen LogP contribution in [0.5, 0.6) is 0 Å². The van der Waals surface area contributed by atoms with Gasteiger partial charge in [-0.05, 0) is 6.42 Å². The van der Waals surface area contributed by atoms with Crippen molar-refractivity contribution in [1.29, 1.82) is 0 Å². The maximum atomic E-state index is 12.8. The second-order valence-corrected chi connectivity index (χ2v) is 4.52. The Balaban J connectivity index is 2.96. The van der Waals surface area contributed by atoms with Crippen molar-refractivity contribution in [1.82, 2.24) is 4.98 Å². The van der Waals surface area contributed by atoms with E-state index in [1.807, 2.05) is 0 Å². The third-order valence-electron chi connectivity index (χ3n) is 2.45. The molecule has 0 spiro atoms. The molecule has 0 saturated carbocycles. The summed E-state index contributed by atoms with van der Waals surface area (Å²) in [4.78, 5) is 3.73. The lowest BCUT2D eigenvalue weighted by molar-refractivity contribution is -0.267. The molecule has 92 valence electrons. The molecule has 0 fully saturated rings. The van der Waals surface area contributed by atoms with Gasteiger partial charge in [-0.25, -0.2) is 4.98 Å². The van der Waals surface area contributed by atoms with E-state index in [0.29, 0.717) is 0 Å². The van der Waals surface area contributed by atoms with Gasteiger partial charge in [0.2, 0.25) is 0 Å². The van der Waals surface area contributed by atoms with Crippen molar-refractivity contribution in [3.63, 3.8) is 0 Å². The van der Waals surface area contributed by atoms with E-state index in [2.05, 4.69) is 4.98 Å². The highest BCUT2D eigenvalue weighted by Crippen LogP contribution is 2.36. The number of halogens is 3. The SMILES string of the molecule is CCC(N)C(O)(Cc1nccs1)C(F)(F)F.